The van der Waals surface area contributed by atoms with E-state index in [4.69, 9.17) is 11.6 Å². The van der Waals surface area contributed by atoms with E-state index in [0.29, 0.717) is 11.1 Å². The highest BCUT2D eigenvalue weighted by Gasteiger charge is 2.67. The van der Waals surface area contributed by atoms with Crippen LogP contribution in [0.25, 0.3) is 0 Å². The van der Waals surface area contributed by atoms with E-state index in [-0.39, 0.29) is 34.4 Å². The number of anilines is 1. The van der Waals surface area contributed by atoms with Crippen LogP contribution in [0.4, 0.5) is 10.1 Å². The minimum atomic E-state index is -1.28. The Kier molecular flexibility index (Phi) is 5.35. The lowest BCUT2D eigenvalue weighted by Gasteiger charge is -2.49. The number of carbonyl (C=O) groups is 4. The van der Waals surface area contributed by atoms with Crippen LogP contribution in [0.5, 0.6) is 5.75 Å². The summed E-state index contributed by atoms with van der Waals surface area (Å²) in [6, 6.07) is 8.62. The fourth-order valence-corrected chi connectivity index (χ4v) is 7.28. The second-order valence-electron chi connectivity index (χ2n) is 10.8. The number of hydroxylamine groups is 2. The third-order valence-electron chi connectivity index (χ3n) is 8.97. The number of amides is 4. The molecule has 6 rings (SSSR count). The average molecular weight is 539 g/mol. The number of imide groups is 2. The van der Waals surface area contributed by atoms with Gasteiger partial charge in [-0.1, -0.05) is 35.4 Å². The van der Waals surface area contributed by atoms with Gasteiger partial charge in [-0.2, -0.15) is 5.06 Å². The fraction of sp³-hybridized carbons (Fsp3) is 0.357. The molecule has 0 unspecified atom stereocenters. The number of phenols is 1. The molecule has 10 heteroatoms. The van der Waals surface area contributed by atoms with Crippen LogP contribution >= 0.6 is 11.6 Å². The van der Waals surface area contributed by atoms with Crippen LogP contribution in [0.15, 0.2) is 48.0 Å². The zero-order chi connectivity index (χ0) is 27.3. The topological polar surface area (TPSA) is 115 Å². The first kappa shape index (κ1) is 24.8. The van der Waals surface area contributed by atoms with Crippen molar-refractivity contribution >= 4 is 40.9 Å². The molecular formula is C28H24ClFN2O6. The number of aromatic hydroxyl groups is 1. The van der Waals surface area contributed by atoms with Crippen LogP contribution in [-0.4, -0.2) is 39.0 Å². The van der Waals surface area contributed by atoms with Gasteiger partial charge in [0.2, 0.25) is 11.8 Å². The lowest BCUT2D eigenvalue weighted by Crippen LogP contribution is -2.48. The molecule has 6 atom stereocenters. The number of rotatable bonds is 2. The molecule has 2 aromatic carbocycles. The summed E-state index contributed by atoms with van der Waals surface area (Å²) in [6.07, 6.45) is 2.20. The van der Waals surface area contributed by atoms with Gasteiger partial charge in [0.25, 0.3) is 11.8 Å². The van der Waals surface area contributed by atoms with E-state index in [0.717, 1.165) is 16.5 Å². The summed E-state index contributed by atoms with van der Waals surface area (Å²) in [5.74, 6) is -6.65. The van der Waals surface area contributed by atoms with Gasteiger partial charge in [-0.15, -0.1) is 0 Å². The van der Waals surface area contributed by atoms with Gasteiger partial charge in [0.05, 0.1) is 33.9 Å². The second-order valence-corrected chi connectivity index (χ2v) is 11.2. The third-order valence-corrected chi connectivity index (χ3v) is 9.26. The molecule has 2 N–H and O–H groups in total. The molecule has 1 saturated carbocycles. The number of allylic oxidation sites excluding steroid dienone is 2. The van der Waals surface area contributed by atoms with Crippen LogP contribution in [0.2, 0.25) is 5.02 Å². The maximum absolute atomic E-state index is 14.2. The van der Waals surface area contributed by atoms with Crippen molar-refractivity contribution in [2.24, 2.45) is 29.1 Å². The Labute approximate surface area is 222 Å². The molecule has 0 spiro atoms. The number of halogens is 2. The summed E-state index contributed by atoms with van der Waals surface area (Å²) in [5.41, 5.74) is 0.880. The van der Waals surface area contributed by atoms with E-state index < -0.39 is 64.5 Å². The van der Waals surface area contributed by atoms with E-state index in [9.17, 15) is 33.9 Å². The Morgan fingerprint density at radius 3 is 2.45 bits per heavy atom. The minimum Gasteiger partial charge on any atom is -0.508 e. The number of carbonyl (C=O) groups excluding carboxylic acids is 4. The first-order valence-electron chi connectivity index (χ1n) is 12.4. The first-order valence-corrected chi connectivity index (χ1v) is 12.7. The molecule has 0 radical (unpaired) electrons. The first-order chi connectivity index (χ1) is 18.0. The summed E-state index contributed by atoms with van der Waals surface area (Å²) < 4.78 is 13.9. The van der Waals surface area contributed by atoms with E-state index in [1.807, 2.05) is 6.08 Å². The summed E-state index contributed by atoms with van der Waals surface area (Å²) in [4.78, 5) is 54.7. The molecule has 4 aliphatic rings. The van der Waals surface area contributed by atoms with Crippen LogP contribution in [0, 0.1) is 41.8 Å². The molecule has 4 amide bonds. The fourth-order valence-electron chi connectivity index (χ4n) is 7.11. The largest absolute Gasteiger partial charge is 0.508 e. The molecule has 0 bridgehead atoms. The Bertz CT molecular complexity index is 1490. The van der Waals surface area contributed by atoms with Crippen LogP contribution in [0.1, 0.15) is 36.8 Å². The molecule has 2 saturated heterocycles. The quantitative estimate of drug-likeness (QED) is 0.338. The van der Waals surface area contributed by atoms with Gasteiger partial charge in [0.1, 0.15) is 11.6 Å². The van der Waals surface area contributed by atoms with Crippen molar-refractivity contribution in [2.75, 3.05) is 4.90 Å². The average Bonchev–Trinajstić information content (AvgIpc) is 3.22. The van der Waals surface area contributed by atoms with Gasteiger partial charge >= 0.3 is 0 Å². The van der Waals surface area contributed by atoms with Crippen molar-refractivity contribution < 1.29 is 33.9 Å². The zero-order valence-electron chi connectivity index (χ0n) is 20.5. The van der Waals surface area contributed by atoms with E-state index >= 15 is 0 Å². The van der Waals surface area contributed by atoms with Crippen LogP contribution < -0.4 is 4.90 Å². The Morgan fingerprint density at radius 2 is 1.76 bits per heavy atom. The normalized spacial score (nSPS) is 32.3. The number of fused-ring (bicyclic) bond motifs is 4. The molecule has 0 aromatic heterocycles. The van der Waals surface area contributed by atoms with Crippen molar-refractivity contribution in [3.05, 3.63) is 70.0 Å². The molecular weight excluding hydrogens is 515 g/mol. The van der Waals surface area contributed by atoms with Gasteiger partial charge < -0.3 is 5.11 Å². The van der Waals surface area contributed by atoms with Crippen molar-refractivity contribution in [3.63, 3.8) is 0 Å². The third kappa shape index (κ3) is 3.12. The van der Waals surface area contributed by atoms with Gasteiger partial charge in [0, 0.05) is 5.92 Å². The Balaban J connectivity index is 1.54. The molecule has 2 aliphatic carbocycles. The molecule has 2 aromatic rings. The van der Waals surface area contributed by atoms with Crippen molar-refractivity contribution in [1.82, 2.24) is 5.06 Å². The predicted octanol–water partition coefficient (Wildman–Crippen LogP) is 4.11. The van der Waals surface area contributed by atoms with Crippen LogP contribution in [-0.2, 0) is 19.2 Å². The van der Waals surface area contributed by atoms with Gasteiger partial charge in [-0.25, -0.2) is 9.29 Å². The zero-order valence-corrected chi connectivity index (χ0v) is 21.3. The number of benzene rings is 2. The summed E-state index contributed by atoms with van der Waals surface area (Å²) in [7, 11) is 0. The standard InChI is InChI=1S/C28H24ClFN2O6/c1-12-9-13(3-8-21(12)33)23-15-5-6-16-22(26(36)32(38)24(16)34)17(15)11-18-25(35)31(27(37)28(18,23)2)14-4-7-20(30)19(29)10-14/h3-5,7-10,16-18,22-23,33,38H,6,11H2,1-2H3/t16-,17+,18-,22-,23-,28+/m0/s1. The van der Waals surface area contributed by atoms with Crippen molar-refractivity contribution in [2.45, 2.75) is 32.6 Å². The molecule has 3 fully saturated rings. The lowest BCUT2D eigenvalue weighted by molar-refractivity contribution is -0.173. The summed E-state index contributed by atoms with van der Waals surface area (Å²) >= 11 is 5.98. The van der Waals surface area contributed by atoms with Gasteiger partial charge in [-0.05, 0) is 68.0 Å². The number of phenolic OH excluding ortho intramolecular Hbond substituents is 1. The predicted molar refractivity (Wildman–Crippen MR) is 133 cm³/mol. The van der Waals surface area contributed by atoms with E-state index in [1.165, 1.54) is 18.2 Å². The SMILES string of the molecule is Cc1cc([C@H]2C3=CC[C@@H]4C(=O)N(O)C(=O)[C@@H]4[C@@H]3C[C@H]3C(=O)N(c4ccc(F)c(Cl)c4)C(=O)[C@@]23C)ccc1O. The van der Waals surface area contributed by atoms with E-state index in [1.54, 1.807) is 26.0 Å². The second kappa shape index (κ2) is 8.22. The molecule has 2 heterocycles. The summed E-state index contributed by atoms with van der Waals surface area (Å²) in [5, 5.41) is 20.2. The van der Waals surface area contributed by atoms with E-state index in [2.05, 4.69) is 0 Å². The number of aryl methyl sites for hydroxylation is 1. The summed E-state index contributed by atoms with van der Waals surface area (Å²) in [6.45, 7) is 3.44. The van der Waals surface area contributed by atoms with Gasteiger partial charge in [-0.3, -0.25) is 24.4 Å². The molecule has 2 aliphatic heterocycles. The smallest absolute Gasteiger partial charge is 0.257 e. The van der Waals surface area contributed by atoms with Crippen molar-refractivity contribution in [1.29, 1.82) is 0 Å². The number of hydrogen-bond donors (Lipinski definition) is 2. The Morgan fingerprint density at radius 1 is 1.03 bits per heavy atom. The Hall–Kier alpha value is -3.56. The number of hydrogen-bond acceptors (Lipinski definition) is 6. The molecule has 8 nitrogen and oxygen atoms in total. The maximum atomic E-state index is 14.2. The maximum Gasteiger partial charge on any atom is 0.257 e. The highest BCUT2D eigenvalue weighted by Crippen LogP contribution is 2.63. The van der Waals surface area contributed by atoms with Gasteiger partial charge in [0.15, 0.2) is 0 Å². The lowest BCUT2D eigenvalue weighted by atomic mass is 9.51. The van der Waals surface area contributed by atoms with Crippen LogP contribution in [0.3, 0.4) is 0 Å². The monoisotopic (exact) mass is 538 g/mol. The molecule has 38 heavy (non-hydrogen) atoms. The highest BCUT2D eigenvalue weighted by atomic mass is 35.5. The molecule has 196 valence electrons. The van der Waals surface area contributed by atoms with Crippen molar-refractivity contribution in [3.8, 4) is 5.75 Å². The number of nitrogens with zero attached hydrogens (tertiary/aromatic N) is 2. The highest BCUT2D eigenvalue weighted by molar-refractivity contribution is 6.31. The minimum absolute atomic E-state index is 0.0735.